The number of rotatable bonds is 11. The van der Waals surface area contributed by atoms with Crippen molar-refractivity contribution in [1.29, 1.82) is 0 Å². The number of carbonyl (C=O) groups is 2. The fourth-order valence-corrected chi connectivity index (χ4v) is 5.39. The Hall–Kier alpha value is -4.01. The summed E-state index contributed by atoms with van der Waals surface area (Å²) in [6.07, 6.45) is -2.94. The Morgan fingerprint density at radius 1 is 0.884 bits per heavy atom. The van der Waals surface area contributed by atoms with Crippen LogP contribution in [0.3, 0.4) is 0 Å². The molecule has 3 aromatic carbocycles. The van der Waals surface area contributed by atoms with E-state index in [0.717, 1.165) is 50.2 Å². The number of benzene rings is 3. The van der Waals surface area contributed by atoms with Crippen LogP contribution in [-0.4, -0.2) is 52.8 Å². The fraction of sp³-hybridized carbons (Fsp3) is 0.286. The number of hydrogen-bond acceptors (Lipinski definition) is 7. The first-order valence-corrected chi connectivity index (χ1v) is 14.4. The molecule has 0 bridgehead atoms. The van der Waals surface area contributed by atoms with Crippen molar-refractivity contribution in [2.45, 2.75) is 24.1 Å². The predicted molar refractivity (Wildman–Crippen MR) is 154 cm³/mol. The van der Waals surface area contributed by atoms with E-state index in [1.54, 1.807) is 18.2 Å². The van der Waals surface area contributed by atoms with Gasteiger partial charge in [0.05, 0.1) is 17.1 Å². The first-order chi connectivity index (χ1) is 20.0. The van der Waals surface area contributed by atoms with Crippen LogP contribution in [-0.2, 0) is 14.8 Å². The van der Waals surface area contributed by atoms with Crippen LogP contribution in [0.2, 0.25) is 0 Å². The smallest absolute Gasteiger partial charge is 0.406 e. The van der Waals surface area contributed by atoms with Gasteiger partial charge in [0.1, 0.15) is 5.75 Å². The van der Waals surface area contributed by atoms with Crippen molar-refractivity contribution in [3.63, 3.8) is 0 Å². The van der Waals surface area contributed by atoms with Crippen molar-refractivity contribution < 1.29 is 40.8 Å². The predicted octanol–water partition coefficient (Wildman–Crippen LogP) is 4.04. The zero-order chi connectivity index (χ0) is 30.2. The minimum Gasteiger partial charge on any atom is -0.406 e. The Balaban J connectivity index is 0.00000506. The molecule has 1 aliphatic heterocycles. The van der Waals surface area contributed by atoms with E-state index in [9.17, 15) is 31.2 Å². The molecule has 15 heteroatoms. The first-order valence-electron chi connectivity index (χ1n) is 13.0. The molecule has 0 aromatic heterocycles. The first kappa shape index (κ1) is 33.5. The third-order valence-electron chi connectivity index (χ3n) is 6.30. The largest absolute Gasteiger partial charge is 0.573 e. The summed E-state index contributed by atoms with van der Waals surface area (Å²) in [6.45, 7) is 2.12. The number of sulfonamides is 1. The van der Waals surface area contributed by atoms with E-state index < -0.39 is 28.0 Å². The van der Waals surface area contributed by atoms with E-state index in [2.05, 4.69) is 20.7 Å². The zero-order valence-electron chi connectivity index (χ0n) is 22.7. The van der Waals surface area contributed by atoms with Crippen molar-refractivity contribution in [1.82, 2.24) is 16.0 Å². The van der Waals surface area contributed by atoms with Crippen molar-refractivity contribution in [2.24, 2.45) is 5.92 Å². The van der Waals surface area contributed by atoms with Crippen molar-refractivity contribution in [3.8, 4) is 11.5 Å². The van der Waals surface area contributed by atoms with Gasteiger partial charge in [-0.3, -0.25) is 9.59 Å². The Morgan fingerprint density at radius 2 is 1.49 bits per heavy atom. The minimum absolute atomic E-state index is 0. The molecule has 0 spiro atoms. The van der Waals surface area contributed by atoms with Crippen LogP contribution in [0.25, 0.3) is 0 Å². The number of alkyl halides is 3. The summed E-state index contributed by atoms with van der Waals surface area (Å²) in [6, 6.07) is 17.0. The number of hydrogen-bond donors (Lipinski definition) is 3. The number of nitrogens with one attached hydrogen (secondary N) is 3. The molecule has 0 saturated carbocycles. The van der Waals surface area contributed by atoms with Crippen LogP contribution < -0.4 is 30.0 Å². The van der Waals surface area contributed by atoms with Gasteiger partial charge in [-0.2, -0.15) is 8.42 Å². The Kier molecular flexibility index (Phi) is 11.6. The highest BCUT2D eigenvalue weighted by Crippen LogP contribution is 2.29. The Bertz CT molecular complexity index is 1450. The third-order valence-corrected chi connectivity index (χ3v) is 7.89. The van der Waals surface area contributed by atoms with Crippen LogP contribution in [0, 0.1) is 5.92 Å². The molecule has 232 valence electrons. The monoisotopic (exact) mass is 642 g/mol. The molecular weight excluding hydrogens is 613 g/mol. The van der Waals surface area contributed by atoms with Crippen LogP contribution in [0.5, 0.6) is 11.5 Å². The van der Waals surface area contributed by atoms with Gasteiger partial charge >= 0.3 is 6.36 Å². The van der Waals surface area contributed by atoms with E-state index in [1.807, 2.05) is 0 Å². The average molecular weight is 643 g/mol. The van der Waals surface area contributed by atoms with E-state index in [-0.39, 0.29) is 46.8 Å². The molecule has 3 N–H and O–H groups in total. The molecule has 1 fully saturated rings. The van der Waals surface area contributed by atoms with Crippen molar-refractivity contribution in [3.05, 3.63) is 84.4 Å². The van der Waals surface area contributed by atoms with Crippen molar-refractivity contribution in [2.75, 3.05) is 30.6 Å². The second-order valence-electron chi connectivity index (χ2n) is 9.38. The molecule has 0 unspecified atom stereocenters. The molecule has 0 radical (unpaired) electrons. The molecule has 2 amide bonds. The van der Waals surface area contributed by atoms with Crippen molar-refractivity contribution >= 4 is 39.9 Å². The van der Waals surface area contributed by atoms with Gasteiger partial charge in [-0.25, -0.2) is 0 Å². The molecule has 1 saturated heterocycles. The summed E-state index contributed by atoms with van der Waals surface area (Å²) in [5.41, 5.74) is 0.248. The number of amides is 2. The number of anilines is 1. The molecule has 1 heterocycles. The maximum atomic E-state index is 13.6. The lowest BCUT2D eigenvalue weighted by Crippen LogP contribution is -2.40. The van der Waals surface area contributed by atoms with Gasteiger partial charge in [-0.05, 0) is 92.5 Å². The topological polar surface area (TPSA) is 126 Å². The Morgan fingerprint density at radius 3 is 2.09 bits per heavy atom. The molecular formula is C28H30ClF3N4O6S. The summed E-state index contributed by atoms with van der Waals surface area (Å²) >= 11 is 0. The van der Waals surface area contributed by atoms with Gasteiger partial charge in [-0.1, -0.05) is 22.7 Å². The van der Waals surface area contributed by atoms with E-state index in [1.165, 1.54) is 36.4 Å². The van der Waals surface area contributed by atoms with Gasteiger partial charge in [0, 0.05) is 12.1 Å². The number of carbonyl (C=O) groups excluding carboxylic acids is 2. The number of halogens is 4. The molecule has 10 nitrogen and oxygen atoms in total. The van der Waals surface area contributed by atoms with Gasteiger partial charge in [-0.15, -0.1) is 25.6 Å². The molecule has 3 aromatic rings. The highest BCUT2D eigenvalue weighted by Gasteiger charge is 2.31. The van der Waals surface area contributed by atoms with Gasteiger partial charge in [0.25, 0.3) is 15.9 Å². The van der Waals surface area contributed by atoms with Gasteiger partial charge < -0.3 is 25.5 Å². The number of nitrogens with zero attached hydrogens (tertiary/aromatic N) is 1. The summed E-state index contributed by atoms with van der Waals surface area (Å²) in [7, 11) is -4.38. The molecule has 1 aliphatic rings. The maximum Gasteiger partial charge on any atom is 0.573 e. The highest BCUT2D eigenvalue weighted by molar-refractivity contribution is 7.92. The van der Waals surface area contributed by atoms with Crippen LogP contribution >= 0.6 is 12.4 Å². The SMILES string of the molecule is Cl.O=C(CNC(=O)c1ccc(S(=O)(=O)N(Oc2ccc(OC(F)(F)F)cc2)c2ccccc2)cc1)NCC1CCNCC1. The summed E-state index contributed by atoms with van der Waals surface area (Å²) in [4.78, 5) is 30.1. The van der Waals surface area contributed by atoms with Gasteiger partial charge in [0.15, 0.2) is 5.75 Å². The molecule has 0 aliphatic carbocycles. The lowest BCUT2D eigenvalue weighted by atomic mass is 9.98. The lowest BCUT2D eigenvalue weighted by molar-refractivity contribution is -0.274. The number of para-hydroxylation sites is 1. The van der Waals surface area contributed by atoms with Crippen LogP contribution in [0.15, 0.2) is 83.8 Å². The Labute approximate surface area is 253 Å². The van der Waals surface area contributed by atoms with E-state index in [0.29, 0.717) is 16.9 Å². The number of ether oxygens (including phenoxy) is 1. The van der Waals surface area contributed by atoms with Gasteiger partial charge in [0.2, 0.25) is 5.91 Å². The zero-order valence-corrected chi connectivity index (χ0v) is 24.3. The summed E-state index contributed by atoms with van der Waals surface area (Å²) in [5, 5.41) is 8.58. The quantitative estimate of drug-likeness (QED) is 0.270. The van der Waals surface area contributed by atoms with E-state index in [4.69, 9.17) is 4.84 Å². The second-order valence-corrected chi connectivity index (χ2v) is 11.1. The minimum atomic E-state index is -4.89. The maximum absolute atomic E-state index is 13.6. The number of piperidine rings is 1. The standard InChI is InChI=1S/C28H29F3N4O6S.ClH/c29-28(30,31)40-23-8-10-24(11-9-23)41-35(22-4-2-1-3-5-22)42(38,39)25-12-6-21(7-13-25)27(37)34-19-26(36)33-18-20-14-16-32-17-15-20;/h1-13,20,32H,14-19H2,(H,33,36)(H,34,37);1H. The summed E-state index contributed by atoms with van der Waals surface area (Å²) in [5.74, 6) is -1.07. The average Bonchev–Trinajstić information content (AvgIpc) is 2.98. The lowest BCUT2D eigenvalue weighted by Gasteiger charge is -2.24. The normalized spacial score (nSPS) is 13.7. The van der Waals surface area contributed by atoms with Crippen LogP contribution in [0.1, 0.15) is 23.2 Å². The fourth-order valence-electron chi connectivity index (χ4n) is 4.13. The summed E-state index contributed by atoms with van der Waals surface area (Å²) < 4.78 is 69.0. The van der Waals surface area contributed by atoms with E-state index >= 15 is 0 Å². The molecule has 43 heavy (non-hydrogen) atoms. The third kappa shape index (κ3) is 9.76. The molecule has 4 rings (SSSR count). The highest BCUT2D eigenvalue weighted by atomic mass is 35.5. The second kappa shape index (κ2) is 14.9. The van der Waals surface area contributed by atoms with Crippen LogP contribution in [0.4, 0.5) is 18.9 Å². The molecule has 0 atom stereocenters.